The van der Waals surface area contributed by atoms with Crippen LogP contribution in [-0.4, -0.2) is 29.2 Å². The number of pyridine rings is 1. The molecule has 1 N–H and O–H groups in total. The van der Waals surface area contributed by atoms with Crippen molar-refractivity contribution in [3.8, 4) is 5.75 Å². The highest BCUT2D eigenvalue weighted by Gasteiger charge is 2.17. The molecule has 1 amide bonds. The second-order valence-corrected chi connectivity index (χ2v) is 5.29. The Labute approximate surface area is 137 Å². The number of aromatic nitrogens is 2. The molecule has 7 heteroatoms. The van der Waals surface area contributed by atoms with Gasteiger partial charge in [0.1, 0.15) is 6.61 Å². The van der Waals surface area contributed by atoms with Crippen LogP contribution in [0.3, 0.4) is 0 Å². The Balaban J connectivity index is 1.66. The van der Waals surface area contributed by atoms with Crippen LogP contribution in [0.2, 0.25) is 0 Å². The number of benzene rings is 1. The van der Waals surface area contributed by atoms with E-state index >= 15 is 0 Å². The van der Waals surface area contributed by atoms with Gasteiger partial charge in [-0.2, -0.15) is 0 Å². The smallest absolute Gasteiger partial charge is 0.258 e. The second-order valence-electron chi connectivity index (χ2n) is 5.29. The average Bonchev–Trinajstić information content (AvgIpc) is 2.93. The van der Waals surface area contributed by atoms with E-state index in [4.69, 9.17) is 9.26 Å². The molecule has 2 heterocycles. The number of carbonyl (C=O) groups excluding carboxylic acids is 1. The van der Waals surface area contributed by atoms with Gasteiger partial charge in [0.2, 0.25) is 0 Å². The lowest BCUT2D eigenvalue weighted by Crippen LogP contribution is -2.28. The summed E-state index contributed by atoms with van der Waals surface area (Å²) in [5, 5.41) is 7.17. The van der Waals surface area contributed by atoms with Gasteiger partial charge in [-0.3, -0.25) is 4.79 Å². The van der Waals surface area contributed by atoms with E-state index in [-0.39, 0.29) is 24.8 Å². The van der Waals surface area contributed by atoms with E-state index in [1.54, 1.807) is 32.0 Å². The number of aryl methyl sites for hydroxylation is 2. The predicted octanol–water partition coefficient (Wildman–Crippen LogP) is 2.79. The number of amides is 1. The molecule has 0 unspecified atom stereocenters. The molecule has 0 saturated heterocycles. The Bertz CT molecular complexity index is 892. The Morgan fingerprint density at radius 2 is 2.12 bits per heavy atom. The summed E-state index contributed by atoms with van der Waals surface area (Å²) in [6.07, 6.45) is 0. The molecule has 124 valence electrons. The van der Waals surface area contributed by atoms with Crippen molar-refractivity contribution >= 4 is 17.0 Å². The van der Waals surface area contributed by atoms with Crippen molar-refractivity contribution in [2.75, 3.05) is 13.2 Å². The molecule has 2 aromatic heterocycles. The summed E-state index contributed by atoms with van der Waals surface area (Å²) in [5.41, 5.74) is 2.04. The average molecular weight is 329 g/mol. The van der Waals surface area contributed by atoms with Crippen LogP contribution >= 0.6 is 0 Å². The molecule has 3 rings (SSSR count). The third-order valence-electron chi connectivity index (χ3n) is 3.47. The Morgan fingerprint density at radius 3 is 2.92 bits per heavy atom. The van der Waals surface area contributed by atoms with E-state index in [0.29, 0.717) is 28.1 Å². The largest absolute Gasteiger partial charge is 0.489 e. The van der Waals surface area contributed by atoms with Crippen LogP contribution in [0.1, 0.15) is 21.7 Å². The van der Waals surface area contributed by atoms with Gasteiger partial charge >= 0.3 is 0 Å². The van der Waals surface area contributed by atoms with Gasteiger partial charge in [-0.15, -0.1) is 0 Å². The van der Waals surface area contributed by atoms with Crippen LogP contribution in [-0.2, 0) is 0 Å². The number of rotatable bonds is 5. The van der Waals surface area contributed by atoms with Crippen molar-refractivity contribution in [1.82, 2.24) is 15.5 Å². The lowest BCUT2D eigenvalue weighted by atomic mass is 10.1. The second kappa shape index (κ2) is 6.66. The number of carbonyl (C=O) groups is 1. The molecule has 1 aromatic carbocycles. The Morgan fingerprint density at radius 1 is 1.33 bits per heavy atom. The summed E-state index contributed by atoms with van der Waals surface area (Å²) in [6, 6.07) is 7.80. The zero-order valence-corrected chi connectivity index (χ0v) is 13.3. The van der Waals surface area contributed by atoms with Gasteiger partial charge in [0.05, 0.1) is 23.2 Å². The molecule has 0 radical (unpaired) electrons. The number of hydrogen-bond donors (Lipinski definition) is 1. The van der Waals surface area contributed by atoms with Crippen molar-refractivity contribution in [3.05, 3.63) is 53.1 Å². The summed E-state index contributed by atoms with van der Waals surface area (Å²) in [4.78, 5) is 16.6. The van der Waals surface area contributed by atoms with Gasteiger partial charge in [-0.05, 0) is 32.0 Å². The first kappa shape index (κ1) is 15.9. The van der Waals surface area contributed by atoms with Gasteiger partial charge in [0.15, 0.2) is 11.6 Å². The fourth-order valence-corrected chi connectivity index (χ4v) is 2.38. The zero-order chi connectivity index (χ0) is 17.1. The number of fused-ring (bicyclic) bond motifs is 1. The molecule has 0 atom stereocenters. The number of nitrogens with one attached hydrogen (secondary N) is 1. The standard InChI is InChI=1S/C17H16FN3O3/c1-10-9-12(15-11(2)21-24-17(15)20-10)16(22)19-7-8-23-14-6-4-3-5-13(14)18/h3-6,9H,7-8H2,1-2H3,(H,19,22). The normalized spacial score (nSPS) is 10.8. The maximum absolute atomic E-state index is 13.4. The highest BCUT2D eigenvalue weighted by atomic mass is 19.1. The maximum Gasteiger partial charge on any atom is 0.258 e. The quantitative estimate of drug-likeness (QED) is 0.728. The first-order valence-electron chi connectivity index (χ1n) is 7.45. The fraction of sp³-hybridized carbons (Fsp3) is 0.235. The van der Waals surface area contributed by atoms with Crippen LogP contribution in [0.15, 0.2) is 34.9 Å². The van der Waals surface area contributed by atoms with Gasteiger partial charge in [-0.1, -0.05) is 17.3 Å². The van der Waals surface area contributed by atoms with E-state index in [1.807, 2.05) is 0 Å². The molecule has 0 aliphatic carbocycles. The van der Waals surface area contributed by atoms with E-state index in [9.17, 15) is 9.18 Å². The SMILES string of the molecule is Cc1cc(C(=O)NCCOc2ccccc2F)c2c(C)noc2n1. The van der Waals surface area contributed by atoms with Crippen molar-refractivity contribution in [1.29, 1.82) is 0 Å². The molecule has 0 fully saturated rings. The van der Waals surface area contributed by atoms with Gasteiger partial charge in [0.25, 0.3) is 11.6 Å². The van der Waals surface area contributed by atoms with Crippen LogP contribution < -0.4 is 10.1 Å². The number of ether oxygens (including phenoxy) is 1. The predicted molar refractivity (Wildman–Crippen MR) is 85.5 cm³/mol. The molecule has 0 aliphatic heterocycles. The fourth-order valence-electron chi connectivity index (χ4n) is 2.38. The Kier molecular flexibility index (Phi) is 4.41. The lowest BCUT2D eigenvalue weighted by molar-refractivity contribution is 0.0948. The number of halogens is 1. The number of hydrogen-bond acceptors (Lipinski definition) is 5. The first-order valence-corrected chi connectivity index (χ1v) is 7.45. The first-order chi connectivity index (χ1) is 11.6. The van der Waals surface area contributed by atoms with Crippen molar-refractivity contribution in [2.45, 2.75) is 13.8 Å². The van der Waals surface area contributed by atoms with Gasteiger partial charge in [-0.25, -0.2) is 9.37 Å². The van der Waals surface area contributed by atoms with Crippen LogP contribution in [0.4, 0.5) is 4.39 Å². The van der Waals surface area contributed by atoms with E-state index in [1.165, 1.54) is 12.1 Å². The van der Waals surface area contributed by atoms with Gasteiger partial charge in [0, 0.05) is 5.69 Å². The topological polar surface area (TPSA) is 77.2 Å². The lowest BCUT2D eigenvalue weighted by Gasteiger charge is -2.09. The number of nitrogens with zero attached hydrogens (tertiary/aromatic N) is 2. The third kappa shape index (κ3) is 3.19. The molecular weight excluding hydrogens is 313 g/mol. The monoisotopic (exact) mass is 329 g/mol. The Hall–Kier alpha value is -2.96. The van der Waals surface area contributed by atoms with Crippen LogP contribution in [0, 0.1) is 19.7 Å². The van der Waals surface area contributed by atoms with Crippen molar-refractivity contribution < 1.29 is 18.4 Å². The summed E-state index contributed by atoms with van der Waals surface area (Å²) >= 11 is 0. The molecule has 0 saturated carbocycles. The van der Waals surface area contributed by atoms with E-state index in [2.05, 4.69) is 15.5 Å². The maximum atomic E-state index is 13.4. The minimum absolute atomic E-state index is 0.155. The van der Waals surface area contributed by atoms with Crippen LogP contribution in [0.25, 0.3) is 11.1 Å². The summed E-state index contributed by atoms with van der Waals surface area (Å²) in [7, 11) is 0. The van der Waals surface area contributed by atoms with Crippen molar-refractivity contribution in [2.24, 2.45) is 0 Å². The molecular formula is C17H16FN3O3. The molecule has 6 nitrogen and oxygen atoms in total. The summed E-state index contributed by atoms with van der Waals surface area (Å²) in [6.45, 7) is 3.92. The molecule has 3 aromatic rings. The summed E-state index contributed by atoms with van der Waals surface area (Å²) in [5.74, 6) is -0.562. The number of para-hydroxylation sites is 1. The highest BCUT2D eigenvalue weighted by Crippen LogP contribution is 2.21. The minimum atomic E-state index is -0.435. The van der Waals surface area contributed by atoms with E-state index in [0.717, 1.165) is 0 Å². The van der Waals surface area contributed by atoms with Crippen LogP contribution in [0.5, 0.6) is 5.75 Å². The van der Waals surface area contributed by atoms with Crippen molar-refractivity contribution in [3.63, 3.8) is 0 Å². The van der Waals surface area contributed by atoms with E-state index < -0.39 is 5.82 Å². The molecule has 0 spiro atoms. The third-order valence-corrected chi connectivity index (χ3v) is 3.47. The zero-order valence-electron chi connectivity index (χ0n) is 13.3. The van der Waals surface area contributed by atoms with Gasteiger partial charge < -0.3 is 14.6 Å². The minimum Gasteiger partial charge on any atom is -0.489 e. The molecule has 0 aliphatic rings. The highest BCUT2D eigenvalue weighted by molar-refractivity contribution is 6.06. The molecule has 0 bridgehead atoms. The molecule has 24 heavy (non-hydrogen) atoms. The summed E-state index contributed by atoms with van der Waals surface area (Å²) < 4.78 is 23.9.